The predicted octanol–water partition coefficient (Wildman–Crippen LogP) is 0.650. The van der Waals surface area contributed by atoms with Crippen molar-refractivity contribution in [1.82, 2.24) is 5.32 Å². The zero-order valence-electron chi connectivity index (χ0n) is 10.6. The summed E-state index contributed by atoms with van der Waals surface area (Å²) < 4.78 is 11.2. The summed E-state index contributed by atoms with van der Waals surface area (Å²) in [6, 6.07) is 0.468. The first-order valence-electron chi connectivity index (χ1n) is 6.02. The van der Waals surface area contributed by atoms with E-state index in [1.807, 2.05) is 13.8 Å². The molecular formula is C11H23N3O2S. The molecule has 1 rings (SSSR count). The molecule has 1 aliphatic heterocycles. The number of oxime groups is 1. The van der Waals surface area contributed by atoms with Gasteiger partial charge in [0.1, 0.15) is 5.84 Å². The first kappa shape index (κ1) is 14.4. The van der Waals surface area contributed by atoms with Crippen molar-refractivity contribution in [2.75, 3.05) is 18.1 Å². The minimum Gasteiger partial charge on any atom is -0.409 e. The molecule has 0 radical (unpaired) electrons. The summed E-state index contributed by atoms with van der Waals surface area (Å²) in [5, 5.41) is 15.2. The van der Waals surface area contributed by atoms with Crippen LogP contribution in [0.5, 0.6) is 0 Å². The molecule has 0 aromatic rings. The van der Waals surface area contributed by atoms with E-state index in [-0.39, 0.29) is 11.3 Å². The first-order chi connectivity index (χ1) is 7.95. The van der Waals surface area contributed by atoms with Gasteiger partial charge in [-0.1, -0.05) is 19.0 Å². The summed E-state index contributed by atoms with van der Waals surface area (Å²) in [6.45, 7) is 4.75. The molecule has 0 aliphatic carbocycles. The van der Waals surface area contributed by atoms with E-state index in [9.17, 15) is 4.21 Å². The van der Waals surface area contributed by atoms with Crippen LogP contribution >= 0.6 is 0 Å². The topological polar surface area (TPSA) is 87.7 Å². The smallest absolute Gasteiger partial charge is 0.144 e. The average molecular weight is 261 g/mol. The molecule has 100 valence electrons. The Bertz CT molecular complexity index is 295. The summed E-state index contributed by atoms with van der Waals surface area (Å²) >= 11 is 0. The number of hydrogen-bond donors (Lipinski definition) is 3. The van der Waals surface area contributed by atoms with Crippen molar-refractivity contribution in [1.29, 1.82) is 0 Å². The summed E-state index contributed by atoms with van der Waals surface area (Å²) in [6.07, 6.45) is 2.79. The first-order valence-corrected chi connectivity index (χ1v) is 7.51. The van der Waals surface area contributed by atoms with Crippen LogP contribution in [-0.4, -0.2) is 39.3 Å². The van der Waals surface area contributed by atoms with Gasteiger partial charge in [-0.25, -0.2) is 0 Å². The highest BCUT2D eigenvalue weighted by atomic mass is 32.2. The summed E-state index contributed by atoms with van der Waals surface area (Å²) in [5.41, 5.74) is 5.33. The zero-order valence-corrected chi connectivity index (χ0v) is 11.4. The van der Waals surface area contributed by atoms with Crippen molar-refractivity contribution < 1.29 is 9.42 Å². The Morgan fingerprint density at radius 2 is 2.12 bits per heavy atom. The lowest BCUT2D eigenvalue weighted by Crippen LogP contribution is -2.40. The molecule has 4 N–H and O–H groups in total. The standard InChI is InChI=1S/C11H23N3O2S/c1-11(2,10(12)14-15)5-6-13-9-3-7-17(16)8-4-9/h9,13,15H,3-8H2,1-2H3,(H2,12,14). The van der Waals surface area contributed by atoms with E-state index >= 15 is 0 Å². The van der Waals surface area contributed by atoms with Gasteiger partial charge < -0.3 is 16.3 Å². The van der Waals surface area contributed by atoms with Crippen molar-refractivity contribution in [2.24, 2.45) is 16.3 Å². The van der Waals surface area contributed by atoms with E-state index in [0.29, 0.717) is 6.04 Å². The summed E-state index contributed by atoms with van der Waals surface area (Å²) in [7, 11) is -0.604. The van der Waals surface area contributed by atoms with Gasteiger partial charge in [0.2, 0.25) is 0 Å². The highest BCUT2D eigenvalue weighted by Crippen LogP contribution is 2.20. The molecule has 0 atom stereocenters. The highest BCUT2D eigenvalue weighted by Gasteiger charge is 2.24. The Morgan fingerprint density at radius 3 is 2.65 bits per heavy atom. The largest absolute Gasteiger partial charge is 0.409 e. The van der Waals surface area contributed by atoms with Crippen LogP contribution in [0.1, 0.15) is 33.1 Å². The minimum atomic E-state index is -0.604. The van der Waals surface area contributed by atoms with Gasteiger partial charge in [-0.05, 0) is 25.8 Å². The Balaban J connectivity index is 2.26. The van der Waals surface area contributed by atoms with Gasteiger partial charge >= 0.3 is 0 Å². The third kappa shape index (κ3) is 4.63. The second-order valence-corrected chi connectivity index (χ2v) is 6.89. The number of hydrogen-bond acceptors (Lipinski definition) is 4. The molecular weight excluding hydrogens is 238 g/mol. The normalized spacial score (nSPS) is 27.1. The molecule has 0 aromatic heterocycles. The maximum absolute atomic E-state index is 11.2. The van der Waals surface area contributed by atoms with Crippen LogP contribution in [0.15, 0.2) is 5.16 Å². The maximum Gasteiger partial charge on any atom is 0.144 e. The molecule has 17 heavy (non-hydrogen) atoms. The predicted molar refractivity (Wildman–Crippen MR) is 70.7 cm³/mol. The van der Waals surface area contributed by atoms with Crippen LogP contribution < -0.4 is 11.1 Å². The fourth-order valence-corrected chi connectivity index (χ4v) is 3.15. The quantitative estimate of drug-likeness (QED) is 0.293. The van der Waals surface area contributed by atoms with Gasteiger partial charge in [0.05, 0.1) is 0 Å². The molecule has 0 amide bonds. The lowest BCUT2D eigenvalue weighted by Gasteiger charge is -2.26. The molecule has 1 aliphatic rings. The van der Waals surface area contributed by atoms with E-state index in [1.54, 1.807) is 0 Å². The van der Waals surface area contributed by atoms with E-state index in [0.717, 1.165) is 37.3 Å². The maximum atomic E-state index is 11.2. The lowest BCUT2D eigenvalue weighted by molar-refractivity contribution is 0.304. The average Bonchev–Trinajstić information content (AvgIpc) is 2.30. The zero-order chi connectivity index (χ0) is 12.9. The molecule has 1 saturated heterocycles. The summed E-state index contributed by atoms with van der Waals surface area (Å²) in [5.74, 6) is 1.88. The number of amidine groups is 1. The Kier molecular flexibility index (Phi) is 5.39. The van der Waals surface area contributed by atoms with E-state index in [4.69, 9.17) is 10.9 Å². The lowest BCUT2D eigenvalue weighted by atomic mass is 9.88. The molecule has 0 saturated carbocycles. The van der Waals surface area contributed by atoms with Crippen molar-refractivity contribution >= 4 is 16.6 Å². The van der Waals surface area contributed by atoms with Crippen LogP contribution in [0, 0.1) is 5.41 Å². The molecule has 5 nitrogen and oxygen atoms in total. The third-order valence-corrected chi connectivity index (χ3v) is 4.75. The van der Waals surface area contributed by atoms with E-state index in [1.165, 1.54) is 0 Å². The molecule has 1 heterocycles. The van der Waals surface area contributed by atoms with Crippen molar-refractivity contribution in [2.45, 2.75) is 39.2 Å². The number of nitrogens with two attached hydrogens (primary N) is 1. The van der Waals surface area contributed by atoms with Gasteiger partial charge in [0, 0.05) is 33.8 Å². The van der Waals surface area contributed by atoms with Crippen LogP contribution in [0.3, 0.4) is 0 Å². The van der Waals surface area contributed by atoms with Gasteiger partial charge in [-0.2, -0.15) is 0 Å². The van der Waals surface area contributed by atoms with Crippen molar-refractivity contribution in [3.8, 4) is 0 Å². The van der Waals surface area contributed by atoms with Gasteiger partial charge in [-0.15, -0.1) is 0 Å². The van der Waals surface area contributed by atoms with Crippen LogP contribution in [0.2, 0.25) is 0 Å². The molecule has 1 fully saturated rings. The van der Waals surface area contributed by atoms with Crippen LogP contribution in [0.4, 0.5) is 0 Å². The Labute approximate surface area is 105 Å². The van der Waals surface area contributed by atoms with Gasteiger partial charge in [0.25, 0.3) is 0 Å². The van der Waals surface area contributed by atoms with Crippen LogP contribution in [0.25, 0.3) is 0 Å². The molecule has 6 heteroatoms. The van der Waals surface area contributed by atoms with E-state index < -0.39 is 10.8 Å². The highest BCUT2D eigenvalue weighted by molar-refractivity contribution is 7.85. The molecule has 0 bridgehead atoms. The third-order valence-electron chi connectivity index (χ3n) is 3.37. The molecule has 0 aromatic carbocycles. The second-order valence-electron chi connectivity index (χ2n) is 5.20. The van der Waals surface area contributed by atoms with Crippen LogP contribution in [-0.2, 0) is 10.8 Å². The fourth-order valence-electron chi connectivity index (χ4n) is 1.85. The van der Waals surface area contributed by atoms with Gasteiger partial charge in [-0.3, -0.25) is 4.21 Å². The van der Waals surface area contributed by atoms with Crippen molar-refractivity contribution in [3.05, 3.63) is 0 Å². The SMILES string of the molecule is CC(C)(CCNC1CCS(=O)CC1)C(N)=NO. The molecule has 0 unspecified atom stereocenters. The summed E-state index contributed by atoms with van der Waals surface area (Å²) in [4.78, 5) is 0. The fraction of sp³-hybridized carbons (Fsp3) is 0.909. The number of rotatable bonds is 5. The monoisotopic (exact) mass is 261 g/mol. The number of nitrogens with zero attached hydrogens (tertiary/aromatic N) is 1. The number of nitrogens with one attached hydrogen (secondary N) is 1. The Hall–Kier alpha value is -0.620. The van der Waals surface area contributed by atoms with Gasteiger partial charge in [0.15, 0.2) is 0 Å². The molecule has 0 spiro atoms. The minimum absolute atomic E-state index is 0.268. The van der Waals surface area contributed by atoms with Crippen molar-refractivity contribution in [3.63, 3.8) is 0 Å². The Morgan fingerprint density at radius 1 is 1.53 bits per heavy atom. The van der Waals surface area contributed by atoms with E-state index in [2.05, 4.69) is 10.5 Å². The second kappa shape index (κ2) is 6.35.